The van der Waals surface area contributed by atoms with Crippen LogP contribution in [0, 0.1) is 12.8 Å². The van der Waals surface area contributed by atoms with Crippen molar-refractivity contribution >= 4 is 17.5 Å². The van der Waals surface area contributed by atoms with Crippen LogP contribution in [0.15, 0.2) is 42.5 Å². The van der Waals surface area contributed by atoms with Crippen molar-refractivity contribution in [2.45, 2.75) is 38.3 Å². The quantitative estimate of drug-likeness (QED) is 0.294. The van der Waals surface area contributed by atoms with Gasteiger partial charge in [-0.3, -0.25) is 14.4 Å². The minimum absolute atomic E-state index is 0.0545. The van der Waals surface area contributed by atoms with Crippen LogP contribution < -0.4 is 0 Å². The average Bonchev–Trinajstić information content (AvgIpc) is 2.96. The molecule has 0 spiro atoms. The molecule has 3 unspecified atom stereocenters. The number of hydrogen-bond acceptors (Lipinski definition) is 4. The number of β-amino-alcohol motifs (C(OH)–C–C–N with tert-alkyl or cyclic N) is 1. The van der Waals surface area contributed by atoms with Gasteiger partial charge in [0.05, 0.1) is 23.3 Å². The average molecular weight is 487 g/mol. The van der Waals surface area contributed by atoms with Crippen molar-refractivity contribution in [2.75, 3.05) is 6.54 Å². The summed E-state index contributed by atoms with van der Waals surface area (Å²) in [5, 5.41) is 9.77. The zero-order valence-corrected chi connectivity index (χ0v) is 17.9. The number of aliphatic hydroxyl groups is 1. The minimum Gasteiger partial charge on any atom is -0.392 e. The van der Waals surface area contributed by atoms with Crippen LogP contribution >= 0.6 is 0 Å². The van der Waals surface area contributed by atoms with E-state index in [1.54, 1.807) is 6.92 Å². The first-order chi connectivity index (χ1) is 15.6. The highest BCUT2D eigenvalue weighted by molar-refractivity contribution is 6.44. The summed E-state index contributed by atoms with van der Waals surface area (Å²) in [7, 11) is 0. The molecule has 1 aliphatic rings. The number of aryl methyl sites for hydroxylation is 1. The van der Waals surface area contributed by atoms with Crippen LogP contribution in [-0.2, 0) is 21.9 Å². The Morgan fingerprint density at radius 2 is 1.59 bits per heavy atom. The summed E-state index contributed by atoms with van der Waals surface area (Å²) in [6.07, 6.45) is -11.7. The third-order valence-corrected chi connectivity index (χ3v) is 5.49. The van der Waals surface area contributed by atoms with Crippen molar-refractivity contribution in [3.8, 4) is 0 Å². The van der Waals surface area contributed by atoms with E-state index in [1.807, 2.05) is 0 Å². The van der Waals surface area contributed by atoms with Gasteiger partial charge in [0.15, 0.2) is 5.78 Å². The summed E-state index contributed by atoms with van der Waals surface area (Å²) in [6.45, 7) is 2.32. The predicted octanol–water partition coefficient (Wildman–Crippen LogP) is 4.36. The second-order valence-corrected chi connectivity index (χ2v) is 8.12. The molecule has 1 amide bonds. The van der Waals surface area contributed by atoms with Gasteiger partial charge in [0.25, 0.3) is 5.91 Å². The van der Waals surface area contributed by atoms with Crippen LogP contribution in [0.25, 0.3) is 0 Å². The molecular weight excluding hydrogens is 468 g/mol. The van der Waals surface area contributed by atoms with Crippen LogP contribution in [0.2, 0.25) is 0 Å². The van der Waals surface area contributed by atoms with Gasteiger partial charge in [-0.1, -0.05) is 35.9 Å². The van der Waals surface area contributed by atoms with Crippen LogP contribution in [0.3, 0.4) is 0 Å². The summed E-state index contributed by atoms with van der Waals surface area (Å²) >= 11 is 0. The van der Waals surface area contributed by atoms with Gasteiger partial charge in [0.1, 0.15) is 5.92 Å². The van der Waals surface area contributed by atoms with Crippen molar-refractivity contribution in [3.05, 3.63) is 70.3 Å². The highest BCUT2D eigenvalue weighted by atomic mass is 19.4. The molecule has 2 aromatic rings. The summed E-state index contributed by atoms with van der Waals surface area (Å²) < 4.78 is 80.9. The van der Waals surface area contributed by atoms with Crippen molar-refractivity contribution in [1.82, 2.24) is 4.90 Å². The molecule has 5 nitrogen and oxygen atoms in total. The van der Waals surface area contributed by atoms with E-state index in [0.717, 1.165) is 5.56 Å². The fourth-order valence-corrected chi connectivity index (χ4v) is 3.95. The Hall–Kier alpha value is -3.21. The molecule has 3 atom stereocenters. The number of nitrogens with zero attached hydrogens (tertiary/aromatic N) is 1. The molecule has 0 aliphatic carbocycles. The minimum atomic E-state index is -5.29. The second kappa shape index (κ2) is 8.86. The van der Waals surface area contributed by atoms with Crippen LogP contribution in [0.4, 0.5) is 26.3 Å². The number of amides is 1. The van der Waals surface area contributed by atoms with Crippen molar-refractivity contribution in [3.63, 3.8) is 0 Å². The lowest BCUT2D eigenvalue weighted by Gasteiger charge is -2.30. The SMILES string of the molecule is Cc1ccc(C(=O)C2C(=O)C(=O)N(CC(C)O)C2c2ccc(C(F)(F)F)cc2C(F)(F)F)cc1. The maximum Gasteiger partial charge on any atom is 0.416 e. The van der Waals surface area contributed by atoms with E-state index in [9.17, 15) is 45.8 Å². The maximum absolute atomic E-state index is 13.9. The number of carbonyl (C=O) groups excluding carboxylic acids is 3. The molecule has 0 bridgehead atoms. The highest BCUT2D eigenvalue weighted by Crippen LogP contribution is 2.45. The van der Waals surface area contributed by atoms with Crippen molar-refractivity contribution in [2.24, 2.45) is 5.92 Å². The van der Waals surface area contributed by atoms with Crippen LogP contribution in [-0.4, -0.2) is 40.1 Å². The number of likely N-dealkylation sites (tertiary alicyclic amines) is 1. The zero-order chi connectivity index (χ0) is 25.6. The zero-order valence-electron chi connectivity index (χ0n) is 17.9. The lowest BCUT2D eigenvalue weighted by molar-refractivity contribution is -0.144. The molecule has 0 radical (unpaired) electrons. The molecule has 182 valence electrons. The van der Waals surface area contributed by atoms with Crippen LogP contribution in [0.1, 0.15) is 45.6 Å². The third kappa shape index (κ3) is 4.84. The molecule has 0 saturated carbocycles. The van der Waals surface area contributed by atoms with E-state index in [0.29, 0.717) is 17.0 Å². The number of Topliss-reactive ketones (excluding diaryl/α,β-unsaturated/α-hetero) is 2. The Morgan fingerprint density at radius 1 is 1.00 bits per heavy atom. The van der Waals surface area contributed by atoms with Gasteiger partial charge in [0.2, 0.25) is 5.78 Å². The Balaban J connectivity index is 2.24. The molecule has 0 aromatic heterocycles. The smallest absolute Gasteiger partial charge is 0.392 e. The summed E-state index contributed by atoms with van der Waals surface area (Å²) in [5.41, 5.74) is -3.46. The Morgan fingerprint density at radius 3 is 2.09 bits per heavy atom. The number of aliphatic hydroxyl groups excluding tert-OH is 1. The fraction of sp³-hybridized carbons (Fsp3) is 0.348. The largest absolute Gasteiger partial charge is 0.416 e. The van der Waals surface area contributed by atoms with Gasteiger partial charge < -0.3 is 10.0 Å². The monoisotopic (exact) mass is 487 g/mol. The predicted molar refractivity (Wildman–Crippen MR) is 107 cm³/mol. The molecule has 1 fully saturated rings. The first-order valence-corrected chi connectivity index (χ1v) is 10.0. The van der Waals surface area contributed by atoms with Gasteiger partial charge in [-0.2, -0.15) is 26.3 Å². The first kappa shape index (κ1) is 25.4. The van der Waals surface area contributed by atoms with E-state index in [-0.39, 0.29) is 11.6 Å². The molecule has 1 heterocycles. The normalized spacial score (nSPS) is 20.1. The van der Waals surface area contributed by atoms with E-state index in [1.165, 1.54) is 31.2 Å². The van der Waals surface area contributed by atoms with Gasteiger partial charge in [-0.15, -0.1) is 0 Å². The van der Waals surface area contributed by atoms with Crippen LogP contribution in [0.5, 0.6) is 0 Å². The van der Waals surface area contributed by atoms with Gasteiger partial charge in [0, 0.05) is 12.1 Å². The second-order valence-electron chi connectivity index (χ2n) is 8.12. The molecule has 11 heteroatoms. The van der Waals surface area contributed by atoms with E-state index in [2.05, 4.69) is 0 Å². The molecule has 1 saturated heterocycles. The number of ketones is 2. The third-order valence-electron chi connectivity index (χ3n) is 5.49. The first-order valence-electron chi connectivity index (χ1n) is 10.0. The summed E-state index contributed by atoms with van der Waals surface area (Å²) in [4.78, 5) is 39.3. The molecule has 1 N–H and O–H groups in total. The van der Waals surface area contributed by atoms with Gasteiger partial charge in [-0.05, 0) is 31.5 Å². The lowest BCUT2D eigenvalue weighted by atomic mass is 9.84. The summed E-state index contributed by atoms with van der Waals surface area (Å²) in [5.74, 6) is -5.50. The van der Waals surface area contributed by atoms with Gasteiger partial charge in [-0.25, -0.2) is 0 Å². The number of hydrogen-bond donors (Lipinski definition) is 1. The maximum atomic E-state index is 13.9. The van der Waals surface area contributed by atoms with E-state index in [4.69, 9.17) is 0 Å². The number of halogens is 6. The molecule has 2 aromatic carbocycles. The number of alkyl halides is 6. The molecule has 1 aliphatic heterocycles. The number of rotatable bonds is 5. The van der Waals surface area contributed by atoms with Crippen molar-refractivity contribution < 1.29 is 45.8 Å². The topological polar surface area (TPSA) is 74.7 Å². The Bertz CT molecular complexity index is 1120. The number of carbonyl (C=O) groups is 3. The number of benzene rings is 2. The van der Waals surface area contributed by atoms with Crippen molar-refractivity contribution in [1.29, 1.82) is 0 Å². The standard InChI is InChI=1S/C23H19F6NO4/c1-11-3-5-13(6-4-11)19(32)17-18(30(10-12(2)31)21(34)20(17)33)15-8-7-14(22(24,25)26)9-16(15)23(27,28)29/h3-9,12,17-18,31H,10H2,1-2H3. The lowest BCUT2D eigenvalue weighted by Crippen LogP contribution is -2.37. The molecule has 34 heavy (non-hydrogen) atoms. The summed E-state index contributed by atoms with van der Waals surface area (Å²) in [6, 6.07) is 4.66. The van der Waals surface area contributed by atoms with E-state index >= 15 is 0 Å². The molecule has 3 rings (SSSR count). The highest BCUT2D eigenvalue weighted by Gasteiger charge is 2.54. The van der Waals surface area contributed by atoms with Gasteiger partial charge >= 0.3 is 12.4 Å². The molecular formula is C23H19F6NO4. The Kier molecular flexibility index (Phi) is 6.62. The Labute approximate surface area is 190 Å². The fourth-order valence-electron chi connectivity index (χ4n) is 3.95. The van der Waals surface area contributed by atoms with E-state index < -0.39 is 71.1 Å².